The first-order chi connectivity index (χ1) is 16.2. The molecule has 3 aromatic rings. The molecule has 0 radical (unpaired) electrons. The van der Waals surface area contributed by atoms with Crippen molar-refractivity contribution in [3.05, 3.63) is 86.0 Å². The van der Waals surface area contributed by atoms with Crippen molar-refractivity contribution in [3.63, 3.8) is 0 Å². The number of thioether (sulfide) groups is 1. The van der Waals surface area contributed by atoms with E-state index in [4.69, 9.17) is 4.42 Å². The zero-order valence-electron chi connectivity index (χ0n) is 18.4. The van der Waals surface area contributed by atoms with Gasteiger partial charge in [-0.05, 0) is 61.5 Å². The van der Waals surface area contributed by atoms with Gasteiger partial charge in [0, 0.05) is 23.5 Å². The Hall–Kier alpha value is -4.12. The molecule has 10 nitrogen and oxygen atoms in total. The third-order valence-electron chi connectivity index (χ3n) is 5.29. The Bertz CT molecular complexity index is 1370. The van der Waals surface area contributed by atoms with Crippen LogP contribution < -0.4 is 0 Å². The minimum Gasteiger partial charge on any atom is -0.463 e. The van der Waals surface area contributed by atoms with Gasteiger partial charge >= 0.3 is 5.97 Å². The fourth-order valence-electron chi connectivity index (χ4n) is 3.68. The fourth-order valence-corrected chi connectivity index (χ4v) is 4.51. The van der Waals surface area contributed by atoms with Crippen LogP contribution in [0.4, 0.5) is 10.5 Å². The van der Waals surface area contributed by atoms with Gasteiger partial charge in [0.15, 0.2) is 0 Å². The molecule has 2 amide bonds. The summed E-state index contributed by atoms with van der Waals surface area (Å²) in [5, 5.41) is 10.7. The lowest BCUT2D eigenvalue weighted by molar-refractivity contribution is -0.384. The van der Waals surface area contributed by atoms with Gasteiger partial charge in [-0.3, -0.25) is 24.6 Å². The van der Waals surface area contributed by atoms with Gasteiger partial charge in [0.2, 0.25) is 5.76 Å². The summed E-state index contributed by atoms with van der Waals surface area (Å²) in [4.78, 5) is 48.9. The molecule has 0 aliphatic carbocycles. The summed E-state index contributed by atoms with van der Waals surface area (Å²) < 4.78 is 11.8. The summed E-state index contributed by atoms with van der Waals surface area (Å²) in [6.45, 7) is 3.56. The van der Waals surface area contributed by atoms with Gasteiger partial charge in [-0.25, -0.2) is 4.79 Å². The van der Waals surface area contributed by atoms with Crippen LogP contribution in [0.2, 0.25) is 0 Å². The Morgan fingerprint density at radius 1 is 1.21 bits per heavy atom. The number of esters is 1. The van der Waals surface area contributed by atoms with Crippen molar-refractivity contribution in [2.75, 3.05) is 7.11 Å². The number of nitrogens with zero attached hydrogens (tertiary/aromatic N) is 3. The van der Waals surface area contributed by atoms with Crippen LogP contribution >= 0.6 is 11.8 Å². The minimum atomic E-state index is -0.653. The van der Waals surface area contributed by atoms with Crippen molar-refractivity contribution >= 4 is 40.6 Å². The van der Waals surface area contributed by atoms with Gasteiger partial charge in [0.1, 0.15) is 5.76 Å². The maximum atomic E-state index is 12.9. The molecule has 34 heavy (non-hydrogen) atoms. The number of hydrogen-bond donors (Lipinski definition) is 0. The van der Waals surface area contributed by atoms with E-state index in [1.807, 2.05) is 24.5 Å². The number of non-ortho nitro benzene ring substituents is 1. The first-order valence-corrected chi connectivity index (χ1v) is 10.9. The lowest BCUT2D eigenvalue weighted by atomic mass is 10.2. The maximum Gasteiger partial charge on any atom is 0.373 e. The number of methoxy groups -OCH3 is 1. The molecular formula is C23H19N3O7S. The number of aryl methyl sites for hydroxylation is 1. The van der Waals surface area contributed by atoms with E-state index in [9.17, 15) is 24.5 Å². The van der Waals surface area contributed by atoms with Crippen molar-refractivity contribution in [3.8, 4) is 5.69 Å². The predicted octanol–water partition coefficient (Wildman–Crippen LogP) is 4.62. The first kappa shape index (κ1) is 23.1. The number of hydrogen-bond acceptors (Lipinski definition) is 8. The van der Waals surface area contributed by atoms with Crippen LogP contribution in [0.1, 0.15) is 33.3 Å². The molecule has 0 spiro atoms. The predicted molar refractivity (Wildman–Crippen MR) is 123 cm³/mol. The second-order valence-electron chi connectivity index (χ2n) is 7.46. The number of imide groups is 1. The van der Waals surface area contributed by atoms with Crippen molar-refractivity contribution in [1.82, 2.24) is 9.47 Å². The molecule has 0 bridgehead atoms. The second-order valence-corrected chi connectivity index (χ2v) is 8.46. The number of carbonyl (C=O) groups excluding carboxylic acids is 3. The van der Waals surface area contributed by atoms with Gasteiger partial charge in [0.05, 0.1) is 29.2 Å². The van der Waals surface area contributed by atoms with E-state index in [1.165, 1.54) is 31.4 Å². The highest BCUT2D eigenvalue weighted by molar-refractivity contribution is 8.18. The minimum absolute atomic E-state index is 0.0198. The Balaban J connectivity index is 1.60. The van der Waals surface area contributed by atoms with E-state index in [1.54, 1.807) is 18.2 Å². The molecule has 2 aromatic heterocycles. The number of nitro benzene ring substituents is 1. The molecular weight excluding hydrogens is 462 g/mol. The van der Waals surface area contributed by atoms with Crippen LogP contribution in [-0.2, 0) is 16.1 Å². The van der Waals surface area contributed by atoms with Crippen molar-refractivity contribution in [1.29, 1.82) is 0 Å². The molecule has 11 heteroatoms. The number of carbonyl (C=O) groups is 3. The summed E-state index contributed by atoms with van der Waals surface area (Å²) in [7, 11) is 1.22. The van der Waals surface area contributed by atoms with E-state index in [2.05, 4.69) is 4.74 Å². The summed E-state index contributed by atoms with van der Waals surface area (Å²) in [6, 6.07) is 11.0. The maximum absolute atomic E-state index is 12.9. The number of aromatic nitrogens is 1. The zero-order valence-corrected chi connectivity index (χ0v) is 19.3. The van der Waals surface area contributed by atoms with Crippen molar-refractivity contribution in [2.24, 2.45) is 0 Å². The first-order valence-electron chi connectivity index (χ1n) is 10.1. The van der Waals surface area contributed by atoms with E-state index in [0.29, 0.717) is 11.3 Å². The normalized spacial score (nSPS) is 14.8. The smallest absolute Gasteiger partial charge is 0.373 e. The molecule has 1 aliphatic heterocycles. The fraction of sp³-hybridized carbons (Fsp3) is 0.174. The zero-order chi connectivity index (χ0) is 24.6. The number of furan rings is 1. The average Bonchev–Trinajstić information content (AvgIpc) is 3.46. The highest BCUT2D eigenvalue weighted by atomic mass is 32.2. The van der Waals surface area contributed by atoms with Crippen LogP contribution in [0.25, 0.3) is 11.8 Å². The SMILES string of the molecule is COC(=O)c1ccc(CN2C(=O)SC(=Cc3cc(C)n(-c4cccc([N+](=O)[O-])c4)c3C)C2=O)o1. The van der Waals surface area contributed by atoms with Gasteiger partial charge in [-0.2, -0.15) is 0 Å². The number of amides is 2. The third kappa shape index (κ3) is 4.25. The molecule has 1 aliphatic rings. The van der Waals surface area contributed by atoms with Gasteiger partial charge in [-0.1, -0.05) is 6.07 Å². The average molecular weight is 481 g/mol. The van der Waals surface area contributed by atoms with Crippen LogP contribution in [0.3, 0.4) is 0 Å². The molecule has 4 rings (SSSR count). The monoisotopic (exact) mass is 481 g/mol. The van der Waals surface area contributed by atoms with Crippen LogP contribution in [0.15, 0.2) is 51.8 Å². The molecule has 0 saturated carbocycles. The van der Waals surface area contributed by atoms with E-state index >= 15 is 0 Å². The molecule has 174 valence electrons. The van der Waals surface area contributed by atoms with Gasteiger partial charge in [0.25, 0.3) is 16.8 Å². The number of benzene rings is 1. The Labute approximate surface area is 197 Å². The highest BCUT2D eigenvalue weighted by Crippen LogP contribution is 2.35. The van der Waals surface area contributed by atoms with Gasteiger partial charge in [-0.15, -0.1) is 0 Å². The van der Waals surface area contributed by atoms with Gasteiger partial charge < -0.3 is 13.7 Å². The van der Waals surface area contributed by atoms with E-state index < -0.39 is 22.0 Å². The highest BCUT2D eigenvalue weighted by Gasteiger charge is 2.36. The van der Waals surface area contributed by atoms with Crippen molar-refractivity contribution < 1.29 is 28.5 Å². The van der Waals surface area contributed by atoms with E-state index in [0.717, 1.165) is 28.0 Å². The second kappa shape index (κ2) is 9.02. The Kier molecular flexibility index (Phi) is 6.12. The molecule has 0 unspecified atom stereocenters. The Morgan fingerprint density at radius 2 is 1.97 bits per heavy atom. The van der Waals surface area contributed by atoms with Crippen LogP contribution in [0.5, 0.6) is 0 Å². The lowest BCUT2D eigenvalue weighted by Crippen LogP contribution is -2.27. The van der Waals surface area contributed by atoms with E-state index in [-0.39, 0.29) is 28.7 Å². The van der Waals surface area contributed by atoms with Crippen LogP contribution in [0, 0.1) is 24.0 Å². The topological polar surface area (TPSA) is 125 Å². The molecule has 0 atom stereocenters. The van der Waals surface area contributed by atoms with Crippen molar-refractivity contribution in [2.45, 2.75) is 20.4 Å². The molecule has 1 saturated heterocycles. The standard InChI is InChI=1S/C23H19N3O7S/c1-13-9-15(14(2)25(13)16-5-4-6-17(11-16)26(30)31)10-20-21(27)24(23(29)34-20)12-18-7-8-19(33-18)22(28)32-3/h4-11H,12H2,1-3H3. The quantitative estimate of drug-likeness (QED) is 0.216. The number of nitro groups is 1. The number of rotatable bonds is 6. The molecule has 3 heterocycles. The lowest BCUT2D eigenvalue weighted by Gasteiger charge is -2.10. The summed E-state index contributed by atoms with van der Waals surface area (Å²) >= 11 is 0.806. The Morgan fingerprint density at radius 3 is 2.68 bits per heavy atom. The largest absolute Gasteiger partial charge is 0.463 e. The summed E-state index contributed by atoms with van der Waals surface area (Å²) in [5.74, 6) is -0.882. The molecule has 0 N–H and O–H groups in total. The summed E-state index contributed by atoms with van der Waals surface area (Å²) in [5.41, 5.74) is 2.88. The number of ether oxygens (including phenoxy) is 1. The van der Waals surface area contributed by atoms with Crippen LogP contribution in [-0.4, -0.2) is 38.6 Å². The molecule has 1 aromatic carbocycles. The molecule has 1 fully saturated rings. The third-order valence-corrected chi connectivity index (χ3v) is 6.20. The summed E-state index contributed by atoms with van der Waals surface area (Å²) in [6.07, 6.45) is 1.63.